The maximum Gasteiger partial charge on any atom is 0.237 e. The molecule has 0 aliphatic carbocycles. The van der Waals surface area contributed by atoms with E-state index in [0.29, 0.717) is 13.0 Å². The Balaban J connectivity index is 1.65. The number of nitrogens with zero attached hydrogens (tertiary/aromatic N) is 3. The van der Waals surface area contributed by atoms with Crippen LogP contribution in [0.2, 0.25) is 0 Å². The van der Waals surface area contributed by atoms with Crippen molar-refractivity contribution in [2.45, 2.75) is 51.6 Å². The summed E-state index contributed by atoms with van der Waals surface area (Å²) in [5.41, 5.74) is 2.62. The Kier molecular flexibility index (Phi) is 6.23. The van der Waals surface area contributed by atoms with E-state index < -0.39 is 0 Å². The highest BCUT2D eigenvalue weighted by Crippen LogP contribution is 2.24. The van der Waals surface area contributed by atoms with Gasteiger partial charge in [-0.2, -0.15) is 5.26 Å². The van der Waals surface area contributed by atoms with Crippen molar-refractivity contribution in [2.24, 2.45) is 0 Å². The molecule has 1 fully saturated rings. The van der Waals surface area contributed by atoms with Crippen molar-refractivity contribution < 1.29 is 9.53 Å². The molecule has 2 N–H and O–H groups in total. The average Bonchev–Trinajstić information content (AvgIpc) is 3.33. The third-order valence-electron chi connectivity index (χ3n) is 5.38. The van der Waals surface area contributed by atoms with E-state index in [2.05, 4.69) is 30.2 Å². The van der Waals surface area contributed by atoms with Crippen molar-refractivity contribution in [2.75, 3.05) is 20.2 Å². The zero-order valence-electron chi connectivity index (χ0n) is 17.6. The summed E-state index contributed by atoms with van der Waals surface area (Å²) >= 11 is 0. The molecule has 29 heavy (non-hydrogen) atoms. The quantitative estimate of drug-likeness (QED) is 0.752. The fourth-order valence-electron chi connectivity index (χ4n) is 3.67. The molecular weight excluding hydrogens is 366 g/mol. The highest BCUT2D eigenvalue weighted by atomic mass is 16.5. The zero-order valence-corrected chi connectivity index (χ0v) is 17.6. The fraction of sp³-hybridized carbons (Fsp3) is 0.500. The number of likely N-dealkylation sites (tertiary alicyclic amines) is 1. The second-order valence-corrected chi connectivity index (χ2v) is 8.18. The van der Waals surface area contributed by atoms with E-state index in [-0.39, 0.29) is 24.0 Å². The summed E-state index contributed by atoms with van der Waals surface area (Å²) in [7, 11) is 1.65. The summed E-state index contributed by atoms with van der Waals surface area (Å²) < 4.78 is 5.30. The van der Waals surface area contributed by atoms with Crippen LogP contribution < -0.4 is 10.1 Å². The predicted molar refractivity (Wildman–Crippen MR) is 111 cm³/mol. The number of hydrogen-bond acceptors (Lipinski definition) is 5. The molecule has 1 aliphatic rings. The molecular formula is C22H29N5O2. The molecule has 1 saturated heterocycles. The van der Waals surface area contributed by atoms with Crippen LogP contribution in [0.5, 0.6) is 5.75 Å². The highest BCUT2D eigenvalue weighted by molar-refractivity contribution is 5.79. The molecule has 1 aromatic heterocycles. The summed E-state index contributed by atoms with van der Waals surface area (Å²) in [6.45, 7) is 7.02. The van der Waals surface area contributed by atoms with Gasteiger partial charge in [0.1, 0.15) is 17.6 Å². The summed E-state index contributed by atoms with van der Waals surface area (Å²) in [4.78, 5) is 22.3. The normalized spacial score (nSPS) is 16.7. The number of carbonyl (C=O) groups is 1. The van der Waals surface area contributed by atoms with Gasteiger partial charge < -0.3 is 19.9 Å². The minimum atomic E-state index is -0.316. The first-order chi connectivity index (χ1) is 13.8. The summed E-state index contributed by atoms with van der Waals surface area (Å²) in [6.07, 6.45) is 2.34. The Morgan fingerprint density at radius 1 is 1.48 bits per heavy atom. The molecule has 1 atom stereocenters. The Labute approximate surface area is 172 Å². The number of benzene rings is 1. The average molecular weight is 396 g/mol. The second-order valence-electron chi connectivity index (χ2n) is 8.18. The van der Waals surface area contributed by atoms with Crippen LogP contribution in [0.3, 0.4) is 0 Å². The van der Waals surface area contributed by atoms with Gasteiger partial charge in [-0.05, 0) is 45.7 Å². The number of amides is 1. The van der Waals surface area contributed by atoms with Gasteiger partial charge in [-0.3, -0.25) is 4.79 Å². The minimum absolute atomic E-state index is 0.0158. The topological polar surface area (TPSA) is 94.0 Å². The molecule has 0 spiro atoms. The van der Waals surface area contributed by atoms with Crippen LogP contribution in [0.15, 0.2) is 24.3 Å². The van der Waals surface area contributed by atoms with E-state index in [4.69, 9.17) is 9.72 Å². The molecule has 3 rings (SSSR count). The molecule has 2 heterocycles. The molecule has 1 unspecified atom stereocenters. The van der Waals surface area contributed by atoms with Crippen LogP contribution in [0.25, 0.3) is 11.4 Å². The van der Waals surface area contributed by atoms with Crippen molar-refractivity contribution in [1.29, 1.82) is 5.26 Å². The Morgan fingerprint density at radius 3 is 3.00 bits per heavy atom. The number of aromatic nitrogens is 2. The first-order valence-electron chi connectivity index (χ1n) is 9.97. The van der Waals surface area contributed by atoms with E-state index in [1.807, 2.05) is 31.2 Å². The Bertz CT molecular complexity index is 912. The van der Waals surface area contributed by atoms with Crippen LogP contribution in [-0.4, -0.2) is 52.6 Å². The number of H-pyrrole nitrogens is 1. The number of methoxy groups -OCH3 is 1. The van der Waals surface area contributed by atoms with E-state index in [1.165, 1.54) is 0 Å². The summed E-state index contributed by atoms with van der Waals surface area (Å²) in [5, 5.41) is 12.5. The molecule has 0 radical (unpaired) electrons. The maximum absolute atomic E-state index is 12.5. The summed E-state index contributed by atoms with van der Waals surface area (Å²) in [6, 6.07) is 9.72. The number of nitrogens with one attached hydrogen (secondary N) is 2. The van der Waals surface area contributed by atoms with Crippen molar-refractivity contribution in [1.82, 2.24) is 20.2 Å². The van der Waals surface area contributed by atoms with Crippen LogP contribution in [-0.2, 0) is 11.2 Å². The largest absolute Gasteiger partial charge is 0.497 e. The van der Waals surface area contributed by atoms with Gasteiger partial charge in [0.2, 0.25) is 5.91 Å². The van der Waals surface area contributed by atoms with Gasteiger partial charge in [-0.1, -0.05) is 12.1 Å². The number of aromatic amines is 1. The van der Waals surface area contributed by atoms with Crippen molar-refractivity contribution in [3.05, 3.63) is 35.7 Å². The molecule has 154 valence electrons. The third-order valence-corrected chi connectivity index (χ3v) is 5.38. The summed E-state index contributed by atoms with van der Waals surface area (Å²) in [5.74, 6) is 1.58. The smallest absolute Gasteiger partial charge is 0.237 e. The van der Waals surface area contributed by atoms with E-state index in [1.54, 1.807) is 12.0 Å². The highest BCUT2D eigenvalue weighted by Gasteiger charge is 2.30. The molecule has 7 heteroatoms. The lowest BCUT2D eigenvalue weighted by Crippen LogP contribution is -2.48. The standard InChI is InChI=1S/C22H29N5O2/c1-15-19(26-21(25-15)16-7-5-9-18(11-16)29-4)12-22(2,3)24-14-20(28)27-10-6-8-17(27)13-23/h5,7,9,11,17,24H,6,8,10,12,14H2,1-4H3,(H,25,26). The Morgan fingerprint density at radius 2 is 2.28 bits per heavy atom. The Hall–Kier alpha value is -2.85. The maximum atomic E-state index is 12.5. The first-order valence-corrected chi connectivity index (χ1v) is 9.97. The fourth-order valence-corrected chi connectivity index (χ4v) is 3.67. The van der Waals surface area contributed by atoms with Crippen molar-refractivity contribution in [3.8, 4) is 23.2 Å². The van der Waals surface area contributed by atoms with E-state index >= 15 is 0 Å². The number of ether oxygens (including phenoxy) is 1. The molecule has 0 bridgehead atoms. The molecule has 0 saturated carbocycles. The number of aryl methyl sites for hydroxylation is 1. The van der Waals surface area contributed by atoms with Gasteiger partial charge in [0, 0.05) is 29.8 Å². The molecule has 7 nitrogen and oxygen atoms in total. The number of carbonyl (C=O) groups excluding carboxylic acids is 1. The molecule has 1 aromatic carbocycles. The van der Waals surface area contributed by atoms with E-state index in [9.17, 15) is 10.1 Å². The lowest BCUT2D eigenvalue weighted by atomic mass is 9.97. The number of hydrogen-bond donors (Lipinski definition) is 2. The minimum Gasteiger partial charge on any atom is -0.497 e. The van der Waals surface area contributed by atoms with Crippen molar-refractivity contribution in [3.63, 3.8) is 0 Å². The molecule has 1 aliphatic heterocycles. The predicted octanol–water partition coefficient (Wildman–Crippen LogP) is 2.82. The monoisotopic (exact) mass is 395 g/mol. The van der Waals surface area contributed by atoms with Crippen LogP contribution in [0, 0.1) is 18.3 Å². The van der Waals surface area contributed by atoms with Crippen molar-refractivity contribution >= 4 is 5.91 Å². The van der Waals surface area contributed by atoms with Gasteiger partial charge in [-0.15, -0.1) is 0 Å². The molecule has 1 amide bonds. The van der Waals surface area contributed by atoms with Crippen LogP contribution in [0.4, 0.5) is 0 Å². The van der Waals surface area contributed by atoms with Gasteiger partial charge in [0.05, 0.1) is 25.4 Å². The SMILES string of the molecule is COc1cccc(-c2nc(CC(C)(C)NCC(=O)N3CCCC3C#N)c(C)[nH]2)c1. The molecule has 2 aromatic rings. The van der Waals surface area contributed by atoms with Crippen LogP contribution >= 0.6 is 0 Å². The number of rotatable bonds is 7. The lowest BCUT2D eigenvalue weighted by molar-refractivity contribution is -0.130. The third kappa shape index (κ3) is 4.96. The number of imidazole rings is 1. The van der Waals surface area contributed by atoms with Gasteiger partial charge >= 0.3 is 0 Å². The van der Waals surface area contributed by atoms with Gasteiger partial charge in [-0.25, -0.2) is 4.98 Å². The van der Waals surface area contributed by atoms with Crippen LogP contribution in [0.1, 0.15) is 38.1 Å². The lowest BCUT2D eigenvalue weighted by Gasteiger charge is -2.28. The van der Waals surface area contributed by atoms with E-state index in [0.717, 1.165) is 41.4 Å². The van der Waals surface area contributed by atoms with Gasteiger partial charge in [0.15, 0.2) is 0 Å². The second kappa shape index (κ2) is 8.66. The zero-order chi connectivity index (χ0) is 21.0. The number of nitriles is 1. The first kappa shape index (κ1) is 20.9. The van der Waals surface area contributed by atoms with Gasteiger partial charge in [0.25, 0.3) is 0 Å².